The number of piperidine rings is 1. The van der Waals surface area contributed by atoms with Crippen LogP contribution in [0.3, 0.4) is 0 Å². The standard InChI is InChI=1S/C39H41FN6O8/c1-21-28(19-26-25-18-23(40)12-13-27(25)44-35(26)49)43-22(2)33(21)37(51)42-17-8-6-4-3-5-7-16-41-32(48)20-54-30-11-9-10-24-34(30)39(53)46(38(24)52)29-14-15-31(47)45-36(29)50/h9-13,18-19,29,43H,3-8,14-17,20H2,1-2H3,(H,41,48)(H,42,51)(H,44,49)(H,45,47,50)/b26-19-. The predicted molar refractivity (Wildman–Crippen MR) is 195 cm³/mol. The van der Waals surface area contributed by atoms with Gasteiger partial charge in [-0.05, 0) is 75.1 Å². The van der Waals surface area contributed by atoms with Crippen LogP contribution in [0.25, 0.3) is 11.6 Å². The summed E-state index contributed by atoms with van der Waals surface area (Å²) in [6, 6.07) is 7.49. The molecule has 0 aliphatic carbocycles. The van der Waals surface area contributed by atoms with Crippen LogP contribution in [0.1, 0.15) is 105 Å². The van der Waals surface area contributed by atoms with E-state index >= 15 is 0 Å². The molecule has 1 fully saturated rings. The van der Waals surface area contributed by atoms with E-state index in [1.54, 1.807) is 19.9 Å². The summed E-state index contributed by atoms with van der Waals surface area (Å²) in [6.07, 6.45) is 6.95. The number of H-pyrrole nitrogens is 1. The highest BCUT2D eigenvalue weighted by molar-refractivity contribution is 6.35. The van der Waals surface area contributed by atoms with Crippen molar-refractivity contribution in [3.05, 3.63) is 81.4 Å². The van der Waals surface area contributed by atoms with Crippen LogP contribution in [0.5, 0.6) is 5.75 Å². The van der Waals surface area contributed by atoms with E-state index in [1.807, 2.05) is 0 Å². The number of carbonyl (C=O) groups is 7. The number of anilines is 1. The van der Waals surface area contributed by atoms with Crippen molar-refractivity contribution in [2.45, 2.75) is 71.3 Å². The number of imide groups is 2. The number of amides is 7. The van der Waals surface area contributed by atoms with E-state index in [2.05, 4.69) is 26.3 Å². The molecule has 4 heterocycles. The first kappa shape index (κ1) is 37.6. The van der Waals surface area contributed by atoms with Crippen LogP contribution >= 0.6 is 0 Å². The predicted octanol–water partition coefficient (Wildman–Crippen LogP) is 3.93. The van der Waals surface area contributed by atoms with Crippen LogP contribution in [0, 0.1) is 19.7 Å². The third-order valence-corrected chi connectivity index (χ3v) is 9.76. The lowest BCUT2D eigenvalue weighted by Gasteiger charge is -2.27. The number of fused-ring (bicyclic) bond motifs is 2. The number of hydrogen-bond acceptors (Lipinski definition) is 8. The molecule has 54 heavy (non-hydrogen) atoms. The molecule has 3 aliphatic heterocycles. The van der Waals surface area contributed by atoms with Gasteiger partial charge in [0.15, 0.2) is 6.61 Å². The van der Waals surface area contributed by atoms with Gasteiger partial charge in [0.1, 0.15) is 17.6 Å². The average Bonchev–Trinajstić information content (AvgIpc) is 3.70. The monoisotopic (exact) mass is 740 g/mol. The minimum Gasteiger partial charge on any atom is -0.483 e. The summed E-state index contributed by atoms with van der Waals surface area (Å²) in [4.78, 5) is 92.1. The number of benzene rings is 2. The zero-order valence-corrected chi connectivity index (χ0v) is 30.0. The van der Waals surface area contributed by atoms with Crippen LogP contribution < -0.4 is 26.0 Å². The fraction of sp³-hybridized carbons (Fsp3) is 0.359. The van der Waals surface area contributed by atoms with E-state index in [1.165, 1.54) is 36.4 Å². The van der Waals surface area contributed by atoms with Crippen molar-refractivity contribution in [3.63, 3.8) is 0 Å². The van der Waals surface area contributed by atoms with E-state index in [0.29, 0.717) is 52.4 Å². The number of unbranched alkanes of at least 4 members (excludes halogenated alkanes) is 5. The molecule has 3 aromatic rings. The molecule has 282 valence electrons. The van der Waals surface area contributed by atoms with Gasteiger partial charge in [0.2, 0.25) is 11.8 Å². The van der Waals surface area contributed by atoms with Gasteiger partial charge < -0.3 is 25.7 Å². The Morgan fingerprint density at radius 3 is 2.37 bits per heavy atom. The Kier molecular flexibility index (Phi) is 11.3. The van der Waals surface area contributed by atoms with Gasteiger partial charge in [0.25, 0.3) is 29.5 Å². The fourth-order valence-electron chi connectivity index (χ4n) is 6.98. The summed E-state index contributed by atoms with van der Waals surface area (Å²) in [7, 11) is 0. The Balaban J connectivity index is 0.862. The molecule has 3 aliphatic rings. The second-order valence-corrected chi connectivity index (χ2v) is 13.5. The molecule has 15 heteroatoms. The van der Waals surface area contributed by atoms with E-state index in [0.717, 1.165) is 43.4 Å². The zero-order chi connectivity index (χ0) is 38.5. The minimum atomic E-state index is -1.10. The van der Waals surface area contributed by atoms with Gasteiger partial charge >= 0.3 is 0 Å². The third kappa shape index (κ3) is 7.94. The normalized spacial score (nSPS) is 17.0. The number of aromatic nitrogens is 1. The zero-order valence-electron chi connectivity index (χ0n) is 30.0. The number of rotatable bonds is 15. The summed E-state index contributed by atoms with van der Waals surface area (Å²) in [5.41, 5.74) is 3.88. The van der Waals surface area contributed by atoms with Crippen LogP contribution in [0.4, 0.5) is 10.1 Å². The molecule has 0 saturated carbocycles. The molecule has 1 atom stereocenters. The number of ether oxygens (including phenoxy) is 1. The highest BCUT2D eigenvalue weighted by Crippen LogP contribution is 2.35. The maximum atomic E-state index is 13.8. The van der Waals surface area contributed by atoms with Crippen molar-refractivity contribution in [2.24, 2.45) is 0 Å². The summed E-state index contributed by atoms with van der Waals surface area (Å²) in [5.74, 6) is -3.84. The highest BCUT2D eigenvalue weighted by Gasteiger charge is 2.46. The highest BCUT2D eigenvalue weighted by atomic mass is 19.1. The molecule has 1 saturated heterocycles. The van der Waals surface area contributed by atoms with Crippen molar-refractivity contribution in [1.29, 1.82) is 0 Å². The molecule has 7 amide bonds. The molecule has 14 nitrogen and oxygen atoms in total. The van der Waals surface area contributed by atoms with Gasteiger partial charge in [-0.3, -0.25) is 43.8 Å². The lowest BCUT2D eigenvalue weighted by molar-refractivity contribution is -0.136. The summed E-state index contributed by atoms with van der Waals surface area (Å²) in [5, 5.41) is 10.7. The second-order valence-electron chi connectivity index (χ2n) is 13.5. The molecule has 0 spiro atoms. The van der Waals surface area contributed by atoms with Crippen LogP contribution in [0.2, 0.25) is 0 Å². The number of hydrogen-bond donors (Lipinski definition) is 5. The molecule has 6 rings (SSSR count). The first-order valence-corrected chi connectivity index (χ1v) is 18.0. The summed E-state index contributed by atoms with van der Waals surface area (Å²) < 4.78 is 19.5. The van der Waals surface area contributed by atoms with E-state index in [-0.39, 0.29) is 54.0 Å². The number of halogens is 1. The fourth-order valence-corrected chi connectivity index (χ4v) is 6.98. The molecular formula is C39H41FN6O8. The molecule has 1 aromatic heterocycles. The third-order valence-electron chi connectivity index (χ3n) is 9.76. The number of aromatic amines is 1. The van der Waals surface area contributed by atoms with E-state index < -0.39 is 35.5 Å². The lowest BCUT2D eigenvalue weighted by atomic mass is 10.0. The average molecular weight is 741 g/mol. The molecule has 5 N–H and O–H groups in total. The first-order chi connectivity index (χ1) is 25.9. The van der Waals surface area contributed by atoms with Crippen molar-refractivity contribution in [3.8, 4) is 5.75 Å². The van der Waals surface area contributed by atoms with Gasteiger partial charge in [0.05, 0.1) is 22.3 Å². The number of aryl methyl sites for hydroxylation is 1. The second kappa shape index (κ2) is 16.3. The van der Waals surface area contributed by atoms with Crippen LogP contribution in [-0.4, -0.2) is 77.0 Å². The molecule has 2 aromatic carbocycles. The van der Waals surface area contributed by atoms with Crippen molar-refractivity contribution >= 4 is 58.7 Å². The Bertz CT molecular complexity index is 2090. The Morgan fingerprint density at radius 2 is 1.63 bits per heavy atom. The smallest absolute Gasteiger partial charge is 0.266 e. The molecular weight excluding hydrogens is 699 g/mol. The van der Waals surface area contributed by atoms with Gasteiger partial charge in [-0.1, -0.05) is 31.7 Å². The maximum Gasteiger partial charge on any atom is 0.266 e. The largest absolute Gasteiger partial charge is 0.483 e. The van der Waals surface area contributed by atoms with Gasteiger partial charge in [-0.25, -0.2) is 4.39 Å². The molecule has 1 unspecified atom stereocenters. The van der Waals surface area contributed by atoms with Gasteiger partial charge in [-0.2, -0.15) is 0 Å². The topological polar surface area (TPSA) is 196 Å². The van der Waals surface area contributed by atoms with E-state index in [4.69, 9.17) is 4.74 Å². The van der Waals surface area contributed by atoms with Gasteiger partial charge in [0, 0.05) is 42.1 Å². The lowest BCUT2D eigenvalue weighted by Crippen LogP contribution is -2.54. The van der Waals surface area contributed by atoms with Crippen molar-refractivity contribution in [2.75, 3.05) is 25.0 Å². The minimum absolute atomic E-state index is 0.0108. The Labute approximate surface area is 310 Å². The number of nitrogens with one attached hydrogen (secondary N) is 5. The SMILES string of the molecule is Cc1[nH]c(/C=C2\C(=O)Nc3ccc(F)cc32)c(C)c1C(=O)NCCCCCCCCNC(=O)COc1cccc2c1C(=O)N(C1CCC(=O)NC1=O)C2=O. The first-order valence-electron chi connectivity index (χ1n) is 18.0. The molecule has 0 bridgehead atoms. The number of carbonyl (C=O) groups excluding carboxylic acids is 7. The maximum absolute atomic E-state index is 13.8. The van der Waals surface area contributed by atoms with E-state index in [9.17, 15) is 38.0 Å². The number of nitrogens with zero attached hydrogens (tertiary/aromatic N) is 1. The summed E-state index contributed by atoms with van der Waals surface area (Å²) >= 11 is 0. The van der Waals surface area contributed by atoms with Gasteiger partial charge in [-0.15, -0.1) is 0 Å². The quantitative estimate of drug-likeness (QED) is 0.0878. The Hall–Kier alpha value is -6.12. The molecule has 0 radical (unpaired) electrons. The van der Waals surface area contributed by atoms with Crippen molar-refractivity contribution < 1.29 is 42.7 Å². The van der Waals surface area contributed by atoms with Crippen LogP contribution in [-0.2, 0) is 19.2 Å². The summed E-state index contributed by atoms with van der Waals surface area (Å²) in [6.45, 7) is 4.18. The van der Waals surface area contributed by atoms with Crippen molar-refractivity contribution in [1.82, 2.24) is 25.8 Å². The van der Waals surface area contributed by atoms with Crippen LogP contribution in [0.15, 0.2) is 36.4 Å². The Morgan fingerprint density at radius 1 is 0.907 bits per heavy atom.